The maximum atomic E-state index is 12.1. The van der Waals surface area contributed by atoms with Gasteiger partial charge >= 0.3 is 0 Å². The standard InChI is InChI=1S/C15H22N6O/c1-3-9-16-10-11-17-15(22)12(2)21-19-14(18-20-21)13-7-5-4-6-8-13/h4-8,12,16H,3,9-11H2,1-2H3,(H,17,22). The number of nitrogens with zero attached hydrogens (tertiary/aromatic N) is 4. The van der Waals surface area contributed by atoms with Crippen LogP contribution >= 0.6 is 0 Å². The van der Waals surface area contributed by atoms with E-state index in [1.54, 1.807) is 6.92 Å². The van der Waals surface area contributed by atoms with Crippen LogP contribution in [-0.2, 0) is 4.79 Å². The van der Waals surface area contributed by atoms with E-state index in [9.17, 15) is 4.79 Å². The summed E-state index contributed by atoms with van der Waals surface area (Å²) >= 11 is 0. The lowest BCUT2D eigenvalue weighted by Crippen LogP contribution is -2.36. The van der Waals surface area contributed by atoms with Crippen LogP contribution in [0.5, 0.6) is 0 Å². The van der Waals surface area contributed by atoms with Crippen molar-refractivity contribution >= 4 is 5.91 Å². The number of carbonyl (C=O) groups excluding carboxylic acids is 1. The van der Waals surface area contributed by atoms with Gasteiger partial charge in [0.1, 0.15) is 6.04 Å². The van der Waals surface area contributed by atoms with Crippen LogP contribution in [0, 0.1) is 0 Å². The van der Waals surface area contributed by atoms with Gasteiger partial charge in [-0.1, -0.05) is 37.3 Å². The van der Waals surface area contributed by atoms with Crippen molar-refractivity contribution in [1.82, 2.24) is 30.8 Å². The van der Waals surface area contributed by atoms with E-state index >= 15 is 0 Å². The number of aromatic nitrogens is 4. The summed E-state index contributed by atoms with van der Waals surface area (Å²) in [7, 11) is 0. The summed E-state index contributed by atoms with van der Waals surface area (Å²) in [5.41, 5.74) is 0.880. The lowest BCUT2D eigenvalue weighted by molar-refractivity contribution is -0.124. The topological polar surface area (TPSA) is 84.7 Å². The Labute approximate surface area is 130 Å². The molecule has 118 valence electrons. The van der Waals surface area contributed by atoms with Gasteiger partial charge < -0.3 is 10.6 Å². The van der Waals surface area contributed by atoms with Crippen molar-refractivity contribution < 1.29 is 4.79 Å². The molecule has 1 aromatic carbocycles. The second-order valence-electron chi connectivity index (χ2n) is 5.02. The van der Waals surface area contributed by atoms with E-state index in [0.717, 1.165) is 25.1 Å². The average Bonchev–Trinajstić information content (AvgIpc) is 3.04. The molecule has 0 aliphatic rings. The van der Waals surface area contributed by atoms with Gasteiger partial charge in [0.25, 0.3) is 0 Å². The second kappa shape index (κ2) is 8.23. The van der Waals surface area contributed by atoms with E-state index in [1.165, 1.54) is 4.80 Å². The van der Waals surface area contributed by atoms with Crippen molar-refractivity contribution in [1.29, 1.82) is 0 Å². The van der Waals surface area contributed by atoms with Crippen LogP contribution in [0.1, 0.15) is 26.3 Å². The van der Waals surface area contributed by atoms with Crippen LogP contribution < -0.4 is 10.6 Å². The molecule has 22 heavy (non-hydrogen) atoms. The van der Waals surface area contributed by atoms with Crippen LogP contribution in [0.15, 0.2) is 30.3 Å². The molecule has 7 nitrogen and oxygen atoms in total. The first kappa shape index (κ1) is 16.1. The summed E-state index contributed by atoms with van der Waals surface area (Å²) in [6, 6.07) is 9.08. The number of benzene rings is 1. The SMILES string of the molecule is CCCNCCNC(=O)C(C)n1nnc(-c2ccccc2)n1. The van der Waals surface area contributed by atoms with Crippen molar-refractivity contribution in [2.45, 2.75) is 26.3 Å². The lowest BCUT2D eigenvalue weighted by Gasteiger charge is -2.10. The molecule has 1 amide bonds. The largest absolute Gasteiger partial charge is 0.353 e. The van der Waals surface area contributed by atoms with Gasteiger partial charge in [-0.2, -0.15) is 4.80 Å². The quantitative estimate of drug-likeness (QED) is 0.711. The van der Waals surface area contributed by atoms with Gasteiger partial charge in [0.15, 0.2) is 0 Å². The lowest BCUT2D eigenvalue weighted by atomic mass is 10.2. The molecule has 2 N–H and O–H groups in total. The van der Waals surface area contributed by atoms with Gasteiger partial charge in [0.2, 0.25) is 11.7 Å². The van der Waals surface area contributed by atoms with E-state index in [1.807, 2.05) is 30.3 Å². The van der Waals surface area contributed by atoms with Crippen LogP contribution in [0.4, 0.5) is 0 Å². The van der Waals surface area contributed by atoms with Gasteiger partial charge in [-0.15, -0.1) is 10.2 Å². The molecular formula is C15H22N6O. The van der Waals surface area contributed by atoms with Gasteiger partial charge in [-0.3, -0.25) is 4.79 Å². The van der Waals surface area contributed by atoms with E-state index in [4.69, 9.17) is 0 Å². The Balaban J connectivity index is 1.88. The monoisotopic (exact) mass is 302 g/mol. The van der Waals surface area contributed by atoms with Crippen LogP contribution in [0.25, 0.3) is 11.4 Å². The van der Waals surface area contributed by atoms with E-state index in [-0.39, 0.29) is 5.91 Å². The van der Waals surface area contributed by atoms with Gasteiger partial charge in [0.05, 0.1) is 0 Å². The Morgan fingerprint density at radius 1 is 1.23 bits per heavy atom. The fourth-order valence-electron chi connectivity index (χ4n) is 1.92. The zero-order valence-electron chi connectivity index (χ0n) is 13.0. The van der Waals surface area contributed by atoms with Gasteiger partial charge in [0, 0.05) is 18.7 Å². The molecule has 2 aromatic rings. The minimum absolute atomic E-state index is 0.115. The first-order valence-electron chi connectivity index (χ1n) is 7.55. The molecule has 0 radical (unpaired) electrons. The highest BCUT2D eigenvalue weighted by atomic mass is 16.2. The summed E-state index contributed by atoms with van der Waals surface area (Å²) in [6.45, 7) is 6.16. The summed E-state index contributed by atoms with van der Waals surface area (Å²) in [5.74, 6) is 0.403. The fraction of sp³-hybridized carbons (Fsp3) is 0.467. The zero-order valence-corrected chi connectivity index (χ0v) is 13.0. The molecule has 7 heteroatoms. The zero-order chi connectivity index (χ0) is 15.8. The minimum atomic E-state index is -0.490. The number of hydrogen-bond donors (Lipinski definition) is 2. The first-order chi connectivity index (χ1) is 10.7. The van der Waals surface area contributed by atoms with Gasteiger partial charge in [-0.25, -0.2) is 0 Å². The summed E-state index contributed by atoms with van der Waals surface area (Å²) in [6.07, 6.45) is 1.08. The Morgan fingerprint density at radius 2 is 2.00 bits per heavy atom. The Kier molecular flexibility index (Phi) is 6.02. The molecule has 0 saturated carbocycles. The Hall–Kier alpha value is -2.28. The van der Waals surface area contributed by atoms with Crippen molar-refractivity contribution in [3.8, 4) is 11.4 Å². The Bertz CT molecular complexity index is 583. The highest BCUT2D eigenvalue weighted by Gasteiger charge is 2.18. The molecule has 0 spiro atoms. The number of hydrogen-bond acceptors (Lipinski definition) is 5. The van der Waals surface area contributed by atoms with Crippen molar-refractivity contribution in [3.63, 3.8) is 0 Å². The summed E-state index contributed by atoms with van der Waals surface area (Å²) in [4.78, 5) is 13.4. The third-order valence-electron chi connectivity index (χ3n) is 3.21. The third-order valence-corrected chi connectivity index (χ3v) is 3.21. The smallest absolute Gasteiger partial charge is 0.246 e. The number of amides is 1. The maximum Gasteiger partial charge on any atom is 0.246 e. The average molecular weight is 302 g/mol. The predicted octanol–water partition coefficient (Wildman–Crippen LogP) is 1.02. The normalized spacial score (nSPS) is 12.1. The Morgan fingerprint density at radius 3 is 2.73 bits per heavy atom. The maximum absolute atomic E-state index is 12.1. The van der Waals surface area contributed by atoms with E-state index < -0.39 is 6.04 Å². The van der Waals surface area contributed by atoms with E-state index in [0.29, 0.717) is 12.4 Å². The number of nitrogens with one attached hydrogen (secondary N) is 2. The second-order valence-corrected chi connectivity index (χ2v) is 5.02. The first-order valence-corrected chi connectivity index (χ1v) is 7.55. The molecular weight excluding hydrogens is 280 g/mol. The molecule has 2 rings (SSSR count). The predicted molar refractivity (Wildman–Crippen MR) is 84.1 cm³/mol. The van der Waals surface area contributed by atoms with Crippen LogP contribution in [0.3, 0.4) is 0 Å². The molecule has 0 fully saturated rings. The van der Waals surface area contributed by atoms with Crippen molar-refractivity contribution in [3.05, 3.63) is 30.3 Å². The molecule has 1 unspecified atom stereocenters. The van der Waals surface area contributed by atoms with Crippen molar-refractivity contribution in [2.24, 2.45) is 0 Å². The number of carbonyl (C=O) groups is 1. The molecule has 0 aliphatic carbocycles. The molecule has 1 atom stereocenters. The number of rotatable bonds is 8. The van der Waals surface area contributed by atoms with Crippen LogP contribution in [-0.4, -0.2) is 45.7 Å². The third kappa shape index (κ3) is 4.36. The highest BCUT2D eigenvalue weighted by molar-refractivity contribution is 5.79. The fourth-order valence-corrected chi connectivity index (χ4v) is 1.92. The molecule has 0 bridgehead atoms. The highest BCUT2D eigenvalue weighted by Crippen LogP contribution is 2.13. The van der Waals surface area contributed by atoms with Gasteiger partial charge in [-0.05, 0) is 25.1 Å². The number of tetrazole rings is 1. The molecule has 1 aromatic heterocycles. The summed E-state index contributed by atoms with van der Waals surface area (Å²) in [5, 5.41) is 18.3. The summed E-state index contributed by atoms with van der Waals surface area (Å²) < 4.78 is 0. The minimum Gasteiger partial charge on any atom is -0.353 e. The molecule has 0 aliphatic heterocycles. The van der Waals surface area contributed by atoms with Crippen molar-refractivity contribution in [2.75, 3.05) is 19.6 Å². The molecule has 0 saturated heterocycles. The molecule has 1 heterocycles. The van der Waals surface area contributed by atoms with E-state index in [2.05, 4.69) is 33.0 Å². The van der Waals surface area contributed by atoms with Crippen LogP contribution in [0.2, 0.25) is 0 Å².